The number of ketones is 2. The third kappa shape index (κ3) is 3.43. The Morgan fingerprint density at radius 2 is 1.93 bits per heavy atom. The minimum atomic E-state index is -3.63. The lowest BCUT2D eigenvalue weighted by atomic mass is 9.46. The fourth-order valence-corrected chi connectivity index (χ4v) is 7.72. The summed E-state index contributed by atoms with van der Waals surface area (Å²) in [7, 11) is -3.63. The van der Waals surface area contributed by atoms with Crippen molar-refractivity contribution in [3.63, 3.8) is 0 Å². The van der Waals surface area contributed by atoms with Crippen LogP contribution < -0.4 is 0 Å². The maximum atomic E-state index is 12.8. The third-order valence-corrected chi connectivity index (χ3v) is 9.32. The number of fused-ring (bicyclic) bond motifs is 5. The lowest BCUT2D eigenvalue weighted by molar-refractivity contribution is -0.134. The van der Waals surface area contributed by atoms with Crippen molar-refractivity contribution in [3.05, 3.63) is 11.6 Å². The summed E-state index contributed by atoms with van der Waals surface area (Å²) in [5, 5.41) is 10.0. The van der Waals surface area contributed by atoms with Gasteiger partial charge in [0.1, 0.15) is 12.7 Å². The Hall–Kier alpha value is -1.05. The fraction of sp³-hybridized carbons (Fsp3) is 0.818. The topological polar surface area (TPSA) is 97.7 Å². The van der Waals surface area contributed by atoms with E-state index < -0.39 is 16.2 Å². The Bertz CT molecular complexity index is 861. The van der Waals surface area contributed by atoms with E-state index in [-0.39, 0.29) is 34.9 Å². The van der Waals surface area contributed by atoms with Crippen LogP contribution in [0.4, 0.5) is 0 Å². The lowest BCUT2D eigenvalue weighted by Crippen LogP contribution is -2.52. The van der Waals surface area contributed by atoms with Crippen LogP contribution in [0.15, 0.2) is 11.6 Å². The van der Waals surface area contributed by atoms with Crippen molar-refractivity contribution in [1.82, 2.24) is 0 Å². The van der Waals surface area contributed by atoms with Crippen LogP contribution in [0.25, 0.3) is 0 Å². The molecule has 3 saturated carbocycles. The predicted octanol–water partition coefficient (Wildman–Crippen LogP) is 2.65. The molecule has 4 aliphatic rings. The zero-order chi connectivity index (χ0) is 21.2. The number of aliphatic hydroxyl groups excluding tert-OH is 1. The Balaban J connectivity index is 1.56. The van der Waals surface area contributed by atoms with Crippen LogP contribution in [-0.2, 0) is 23.9 Å². The van der Waals surface area contributed by atoms with Gasteiger partial charge in [-0.3, -0.25) is 13.8 Å². The first-order valence-corrected chi connectivity index (χ1v) is 12.6. The number of rotatable bonds is 4. The zero-order valence-electron chi connectivity index (χ0n) is 17.5. The van der Waals surface area contributed by atoms with Crippen molar-refractivity contribution in [1.29, 1.82) is 0 Å². The van der Waals surface area contributed by atoms with E-state index in [0.717, 1.165) is 44.8 Å². The fourth-order valence-electron chi connectivity index (χ4n) is 7.39. The van der Waals surface area contributed by atoms with Gasteiger partial charge in [0.25, 0.3) is 10.1 Å². The minimum absolute atomic E-state index is 0.0809. The second-order valence-corrected chi connectivity index (χ2v) is 11.9. The van der Waals surface area contributed by atoms with Gasteiger partial charge in [-0.2, -0.15) is 8.42 Å². The van der Waals surface area contributed by atoms with Gasteiger partial charge in [-0.25, -0.2) is 0 Å². The molecule has 6 nitrogen and oxygen atoms in total. The minimum Gasteiger partial charge on any atom is -0.381 e. The molecule has 4 aliphatic carbocycles. The monoisotopic (exact) mass is 424 g/mol. The maximum absolute atomic E-state index is 12.8. The number of Topliss-reactive ketones (excluding diaryl/α,β-unsaturated/α-hetero) is 2. The molecule has 7 heteroatoms. The van der Waals surface area contributed by atoms with Gasteiger partial charge in [0.05, 0.1) is 6.26 Å². The summed E-state index contributed by atoms with van der Waals surface area (Å²) >= 11 is 0. The van der Waals surface area contributed by atoms with Crippen molar-refractivity contribution in [2.24, 2.45) is 34.5 Å². The predicted molar refractivity (Wildman–Crippen MR) is 107 cm³/mol. The molecule has 29 heavy (non-hydrogen) atoms. The highest BCUT2D eigenvalue weighted by molar-refractivity contribution is 7.86. The van der Waals surface area contributed by atoms with Gasteiger partial charge in [-0.05, 0) is 73.2 Å². The largest absolute Gasteiger partial charge is 0.381 e. The molecule has 0 aromatic rings. The SMILES string of the molecule is C[C@]12CC[C@H]3[C@@H](CCC4=CC(O)C(=O)C[C@@]43C)[C@@H]1CC[C@@H]2C(=O)COS(C)(=O)=O. The van der Waals surface area contributed by atoms with Crippen LogP contribution in [0, 0.1) is 34.5 Å². The van der Waals surface area contributed by atoms with Crippen LogP contribution in [0.3, 0.4) is 0 Å². The summed E-state index contributed by atoms with van der Waals surface area (Å²) < 4.78 is 27.4. The van der Waals surface area contributed by atoms with Gasteiger partial charge in [0, 0.05) is 12.3 Å². The van der Waals surface area contributed by atoms with Crippen LogP contribution in [0.1, 0.15) is 58.8 Å². The maximum Gasteiger partial charge on any atom is 0.264 e. The van der Waals surface area contributed by atoms with E-state index in [9.17, 15) is 23.1 Å². The summed E-state index contributed by atoms with van der Waals surface area (Å²) in [6.07, 6.45) is 7.80. The molecule has 1 N–H and O–H groups in total. The molecule has 0 amide bonds. The first-order chi connectivity index (χ1) is 13.5. The Morgan fingerprint density at radius 3 is 2.62 bits per heavy atom. The van der Waals surface area contributed by atoms with Crippen molar-refractivity contribution < 1.29 is 27.3 Å². The highest BCUT2D eigenvalue weighted by Gasteiger charge is 2.60. The van der Waals surface area contributed by atoms with Crippen LogP contribution in [0.5, 0.6) is 0 Å². The molecule has 0 saturated heterocycles. The molecule has 4 rings (SSSR count). The Morgan fingerprint density at radius 1 is 1.21 bits per heavy atom. The number of carbonyl (C=O) groups excluding carboxylic acids is 2. The number of allylic oxidation sites excluding steroid dienone is 1. The van der Waals surface area contributed by atoms with E-state index in [1.807, 2.05) is 0 Å². The number of hydrogen-bond donors (Lipinski definition) is 1. The summed E-state index contributed by atoms with van der Waals surface area (Å²) in [5.74, 6) is 0.939. The van der Waals surface area contributed by atoms with Gasteiger partial charge in [-0.1, -0.05) is 19.4 Å². The summed E-state index contributed by atoms with van der Waals surface area (Å²) in [6.45, 7) is 4.03. The molecule has 0 heterocycles. The highest BCUT2D eigenvalue weighted by Crippen LogP contribution is 2.66. The molecule has 162 valence electrons. The highest BCUT2D eigenvalue weighted by atomic mass is 32.2. The van der Waals surface area contributed by atoms with Gasteiger partial charge >= 0.3 is 0 Å². The molecule has 0 bridgehead atoms. The first-order valence-electron chi connectivity index (χ1n) is 10.7. The van der Waals surface area contributed by atoms with Gasteiger partial charge in [0.2, 0.25) is 0 Å². The van der Waals surface area contributed by atoms with E-state index in [1.54, 1.807) is 6.08 Å². The number of hydrogen-bond acceptors (Lipinski definition) is 6. The van der Waals surface area contributed by atoms with E-state index >= 15 is 0 Å². The Labute approximate surface area is 173 Å². The van der Waals surface area contributed by atoms with Crippen molar-refractivity contribution in [3.8, 4) is 0 Å². The lowest BCUT2D eigenvalue weighted by Gasteiger charge is -2.58. The molecule has 1 unspecified atom stereocenters. The number of carbonyl (C=O) groups is 2. The van der Waals surface area contributed by atoms with Crippen molar-refractivity contribution in [2.45, 2.75) is 64.9 Å². The zero-order valence-corrected chi connectivity index (χ0v) is 18.3. The molecule has 0 spiro atoms. The summed E-state index contributed by atoms with van der Waals surface area (Å²) in [4.78, 5) is 25.1. The molecule has 0 aliphatic heterocycles. The molecule has 7 atom stereocenters. The average Bonchev–Trinajstić information content (AvgIpc) is 2.98. The van der Waals surface area contributed by atoms with E-state index in [2.05, 4.69) is 13.8 Å². The smallest absolute Gasteiger partial charge is 0.264 e. The van der Waals surface area contributed by atoms with Crippen LogP contribution >= 0.6 is 0 Å². The van der Waals surface area contributed by atoms with Crippen LogP contribution in [-0.4, -0.2) is 44.1 Å². The third-order valence-electron chi connectivity index (χ3n) is 8.77. The van der Waals surface area contributed by atoms with Gasteiger partial charge < -0.3 is 5.11 Å². The molecule has 0 radical (unpaired) electrons. The summed E-state index contributed by atoms with van der Waals surface area (Å²) in [6, 6.07) is 0. The normalized spacial score (nSPS) is 44.5. The van der Waals surface area contributed by atoms with E-state index in [1.165, 1.54) is 5.57 Å². The first kappa shape index (κ1) is 21.2. The number of aliphatic hydroxyl groups is 1. The standard InChI is InChI=1S/C22H32O6S/c1-21-9-8-16-14(5-4-13-10-18(23)19(24)11-22(13,16)2)15(21)6-7-17(21)20(25)12-28-29(3,26)27/h10,14-18,23H,4-9,11-12H2,1-3H3/t14-,15-,16-,17+,18?,21-,22-/m0/s1. The molecule has 0 aromatic heterocycles. The summed E-state index contributed by atoms with van der Waals surface area (Å²) in [5.41, 5.74) is 0.929. The van der Waals surface area contributed by atoms with E-state index in [0.29, 0.717) is 24.2 Å². The molecule has 3 fully saturated rings. The van der Waals surface area contributed by atoms with Crippen molar-refractivity contribution >= 4 is 21.7 Å². The average molecular weight is 425 g/mol. The van der Waals surface area contributed by atoms with Crippen LogP contribution in [0.2, 0.25) is 0 Å². The van der Waals surface area contributed by atoms with Gasteiger partial charge in [-0.15, -0.1) is 0 Å². The molecular formula is C22H32O6S. The second-order valence-electron chi connectivity index (χ2n) is 10.2. The molecular weight excluding hydrogens is 392 g/mol. The molecule has 0 aromatic carbocycles. The van der Waals surface area contributed by atoms with E-state index in [4.69, 9.17) is 4.18 Å². The Kier molecular flexibility index (Phi) is 5.11. The second kappa shape index (κ2) is 6.99. The quantitative estimate of drug-likeness (QED) is 0.550. The van der Waals surface area contributed by atoms with Gasteiger partial charge in [0.15, 0.2) is 11.6 Å². The van der Waals surface area contributed by atoms with Crippen molar-refractivity contribution in [2.75, 3.05) is 12.9 Å².